The van der Waals surface area contributed by atoms with E-state index < -0.39 is 0 Å². The lowest BCUT2D eigenvalue weighted by Crippen LogP contribution is -2.10. The molecule has 0 atom stereocenters. The van der Waals surface area contributed by atoms with Crippen LogP contribution in [-0.2, 0) is 0 Å². The lowest BCUT2D eigenvalue weighted by atomic mass is 9.91. The first-order valence-electron chi connectivity index (χ1n) is 18.8. The van der Waals surface area contributed by atoms with Gasteiger partial charge in [0, 0.05) is 36.9 Å². The van der Waals surface area contributed by atoms with E-state index in [1.807, 2.05) is 41.7 Å². The highest BCUT2D eigenvalue weighted by Crippen LogP contribution is 2.45. The summed E-state index contributed by atoms with van der Waals surface area (Å²) < 4.78 is 23.0. The van der Waals surface area contributed by atoms with Crippen molar-refractivity contribution in [3.8, 4) is 33.4 Å². The van der Waals surface area contributed by atoms with Crippen molar-refractivity contribution in [3.05, 3.63) is 200 Å². The molecule has 0 radical (unpaired) electrons. The monoisotopic (exact) mass is 737 g/mol. The van der Waals surface area contributed by atoms with Crippen molar-refractivity contribution in [3.63, 3.8) is 0 Å². The summed E-state index contributed by atoms with van der Waals surface area (Å²) in [5, 5.41) is 6.99. The summed E-state index contributed by atoms with van der Waals surface area (Å²) in [4.78, 5) is 2.35. The Morgan fingerprint density at radius 3 is 1.91 bits per heavy atom. The summed E-state index contributed by atoms with van der Waals surface area (Å²) in [6.07, 6.45) is 0. The van der Waals surface area contributed by atoms with E-state index in [0.717, 1.165) is 77.6 Å². The van der Waals surface area contributed by atoms with Gasteiger partial charge >= 0.3 is 0 Å². The number of furan rings is 1. The predicted molar refractivity (Wildman–Crippen MR) is 235 cm³/mol. The standard InChI is InChI=1S/C52H32FNOS/c53-38-26-21-34(22-27-38)41-15-6-9-35-10-7-16-42(51(35)41)37-11-5-12-40(31-37)54(46-17-8-19-48-52(46)44-14-1-3-18-47(44)55-48)39-28-23-33(24-29-39)36-25-30-50-45(32-36)43-13-2-4-20-49(43)56-50/h1-32H. The second-order valence-electron chi connectivity index (χ2n) is 14.2. The van der Waals surface area contributed by atoms with Gasteiger partial charge in [-0.2, -0.15) is 0 Å². The fourth-order valence-corrected chi connectivity index (χ4v) is 9.43. The normalized spacial score (nSPS) is 11.7. The number of fused-ring (bicyclic) bond motifs is 7. The molecular formula is C52H32FNOS. The zero-order valence-electron chi connectivity index (χ0n) is 30.1. The molecule has 0 saturated carbocycles. The third-order valence-electron chi connectivity index (χ3n) is 10.9. The summed E-state index contributed by atoms with van der Waals surface area (Å²) in [5.41, 5.74) is 11.4. The molecule has 11 aromatic rings. The van der Waals surface area contributed by atoms with Crippen molar-refractivity contribution in [2.45, 2.75) is 0 Å². The number of nitrogens with zero attached hydrogens (tertiary/aromatic N) is 1. The highest BCUT2D eigenvalue weighted by atomic mass is 32.1. The number of benzene rings is 9. The van der Waals surface area contributed by atoms with Crippen LogP contribution in [0.2, 0.25) is 0 Å². The van der Waals surface area contributed by atoms with Crippen molar-refractivity contribution < 1.29 is 8.81 Å². The number of thiophene rings is 1. The Balaban J connectivity index is 1.08. The van der Waals surface area contributed by atoms with Crippen molar-refractivity contribution in [2.24, 2.45) is 0 Å². The highest BCUT2D eigenvalue weighted by molar-refractivity contribution is 7.25. The number of halogens is 1. The van der Waals surface area contributed by atoms with E-state index in [4.69, 9.17) is 4.42 Å². The number of para-hydroxylation sites is 1. The van der Waals surface area contributed by atoms with Gasteiger partial charge in [0.1, 0.15) is 17.0 Å². The van der Waals surface area contributed by atoms with Crippen LogP contribution in [0.25, 0.3) is 86.3 Å². The molecule has 0 bridgehead atoms. The van der Waals surface area contributed by atoms with Gasteiger partial charge in [0.2, 0.25) is 0 Å². The van der Waals surface area contributed by atoms with Crippen LogP contribution in [0, 0.1) is 5.82 Å². The van der Waals surface area contributed by atoms with E-state index in [9.17, 15) is 4.39 Å². The molecule has 0 unspecified atom stereocenters. The number of anilines is 3. The smallest absolute Gasteiger partial charge is 0.137 e. The molecule has 0 saturated heterocycles. The van der Waals surface area contributed by atoms with Crippen LogP contribution in [0.3, 0.4) is 0 Å². The summed E-state index contributed by atoms with van der Waals surface area (Å²) in [7, 11) is 0. The number of hydrogen-bond acceptors (Lipinski definition) is 3. The molecule has 0 N–H and O–H groups in total. The molecular weight excluding hydrogens is 706 g/mol. The molecule has 0 amide bonds. The van der Waals surface area contributed by atoms with Crippen LogP contribution in [0.4, 0.5) is 21.5 Å². The second-order valence-corrected chi connectivity index (χ2v) is 15.3. The first-order chi connectivity index (χ1) is 27.7. The quantitative estimate of drug-likeness (QED) is 0.169. The number of rotatable bonds is 6. The van der Waals surface area contributed by atoms with Crippen LogP contribution in [0.15, 0.2) is 199 Å². The van der Waals surface area contributed by atoms with Crippen molar-refractivity contribution in [1.82, 2.24) is 0 Å². The Morgan fingerprint density at radius 1 is 0.411 bits per heavy atom. The van der Waals surface area contributed by atoms with Crippen LogP contribution >= 0.6 is 11.3 Å². The first kappa shape index (κ1) is 32.4. The minimum atomic E-state index is -0.243. The van der Waals surface area contributed by atoms with Gasteiger partial charge in [0.25, 0.3) is 0 Å². The van der Waals surface area contributed by atoms with Gasteiger partial charge in [-0.3, -0.25) is 0 Å². The molecule has 0 spiro atoms. The van der Waals surface area contributed by atoms with Gasteiger partial charge in [-0.05, 0) is 117 Å². The Kier molecular flexibility index (Phi) is 7.58. The Morgan fingerprint density at radius 2 is 1.07 bits per heavy atom. The van der Waals surface area contributed by atoms with E-state index in [0.29, 0.717) is 0 Å². The summed E-state index contributed by atoms with van der Waals surface area (Å²) in [6, 6.07) is 67.3. The molecule has 4 heteroatoms. The van der Waals surface area contributed by atoms with Gasteiger partial charge < -0.3 is 9.32 Å². The molecule has 2 nitrogen and oxygen atoms in total. The molecule has 0 fully saturated rings. The summed E-state index contributed by atoms with van der Waals surface area (Å²) >= 11 is 1.84. The molecule has 2 heterocycles. The third-order valence-corrected chi connectivity index (χ3v) is 12.1. The summed E-state index contributed by atoms with van der Waals surface area (Å²) in [6.45, 7) is 0. The zero-order valence-corrected chi connectivity index (χ0v) is 30.9. The van der Waals surface area contributed by atoms with Gasteiger partial charge in [-0.25, -0.2) is 4.39 Å². The predicted octanol–water partition coefficient (Wildman–Crippen LogP) is 15.7. The third kappa shape index (κ3) is 5.37. The van der Waals surface area contributed by atoms with E-state index in [1.165, 1.54) is 37.9 Å². The van der Waals surface area contributed by atoms with Crippen molar-refractivity contribution in [2.75, 3.05) is 4.90 Å². The largest absolute Gasteiger partial charge is 0.456 e. The van der Waals surface area contributed by atoms with Gasteiger partial charge in [0.15, 0.2) is 0 Å². The Labute approximate surface area is 326 Å². The first-order valence-corrected chi connectivity index (χ1v) is 19.6. The molecule has 11 rings (SSSR count). The van der Waals surface area contributed by atoms with Crippen LogP contribution in [0.1, 0.15) is 0 Å². The van der Waals surface area contributed by atoms with Gasteiger partial charge in [0.05, 0.1) is 11.1 Å². The van der Waals surface area contributed by atoms with E-state index in [1.54, 1.807) is 0 Å². The van der Waals surface area contributed by atoms with Gasteiger partial charge in [-0.15, -0.1) is 11.3 Å². The van der Waals surface area contributed by atoms with Crippen molar-refractivity contribution in [1.29, 1.82) is 0 Å². The van der Waals surface area contributed by atoms with Crippen molar-refractivity contribution >= 4 is 81.3 Å². The molecule has 9 aromatic carbocycles. The fraction of sp³-hybridized carbons (Fsp3) is 0. The minimum absolute atomic E-state index is 0.243. The Bertz CT molecular complexity index is 3260. The highest BCUT2D eigenvalue weighted by Gasteiger charge is 2.21. The van der Waals surface area contributed by atoms with Crippen LogP contribution in [-0.4, -0.2) is 0 Å². The maximum atomic E-state index is 14.0. The SMILES string of the molecule is Fc1ccc(-c2cccc3cccc(-c4cccc(N(c5ccc(-c6ccc7sc8ccccc8c7c6)cc5)c5cccc6oc7ccccc7c56)c4)c23)cc1. The molecule has 56 heavy (non-hydrogen) atoms. The Hall–Kier alpha value is -7.01. The fourth-order valence-electron chi connectivity index (χ4n) is 8.34. The topological polar surface area (TPSA) is 16.4 Å². The van der Waals surface area contributed by atoms with E-state index in [2.05, 4.69) is 157 Å². The van der Waals surface area contributed by atoms with E-state index >= 15 is 0 Å². The lowest BCUT2D eigenvalue weighted by Gasteiger charge is -2.27. The lowest BCUT2D eigenvalue weighted by molar-refractivity contribution is 0.628. The maximum Gasteiger partial charge on any atom is 0.137 e. The second kappa shape index (κ2) is 13.1. The zero-order chi connectivity index (χ0) is 37.2. The molecule has 0 aliphatic heterocycles. The average Bonchev–Trinajstić information content (AvgIpc) is 3.83. The molecule has 2 aromatic heterocycles. The van der Waals surface area contributed by atoms with Crippen LogP contribution < -0.4 is 4.90 Å². The number of hydrogen-bond donors (Lipinski definition) is 0. The maximum absolute atomic E-state index is 14.0. The molecule has 264 valence electrons. The van der Waals surface area contributed by atoms with E-state index in [-0.39, 0.29) is 5.82 Å². The summed E-state index contributed by atoms with van der Waals surface area (Å²) in [5.74, 6) is -0.243. The van der Waals surface area contributed by atoms with Crippen LogP contribution in [0.5, 0.6) is 0 Å². The van der Waals surface area contributed by atoms with Gasteiger partial charge in [-0.1, -0.05) is 121 Å². The average molecular weight is 738 g/mol. The molecule has 0 aliphatic rings. The minimum Gasteiger partial charge on any atom is -0.456 e. The molecule has 0 aliphatic carbocycles.